The second-order valence-electron chi connectivity index (χ2n) is 5.27. The zero-order valence-corrected chi connectivity index (χ0v) is 11.3. The molecular weight excluding hydrogens is 226 g/mol. The molecule has 18 heavy (non-hydrogen) atoms. The van der Waals surface area contributed by atoms with E-state index in [-0.39, 0.29) is 11.8 Å². The fourth-order valence-electron chi connectivity index (χ4n) is 2.33. The Kier molecular flexibility index (Phi) is 3.71. The predicted octanol–water partition coefficient (Wildman–Crippen LogP) is 2.62. The van der Waals surface area contributed by atoms with Gasteiger partial charge in [0.2, 0.25) is 0 Å². The lowest BCUT2D eigenvalue weighted by molar-refractivity contribution is 0.0971. The molecule has 0 spiro atoms. The number of rotatable bonds is 5. The van der Waals surface area contributed by atoms with E-state index in [1.807, 2.05) is 26.0 Å². The van der Waals surface area contributed by atoms with Gasteiger partial charge in [-0.15, -0.1) is 0 Å². The number of nitrogens with two attached hydrogens (primary N) is 1. The van der Waals surface area contributed by atoms with E-state index in [4.69, 9.17) is 10.5 Å². The number of carbonyl (C=O) groups excluding carboxylic acids is 1. The molecule has 1 fully saturated rings. The highest BCUT2D eigenvalue weighted by atomic mass is 16.5. The summed E-state index contributed by atoms with van der Waals surface area (Å²) in [5, 5.41) is 0. The minimum absolute atomic E-state index is 0.0271. The molecule has 1 unspecified atom stereocenters. The van der Waals surface area contributed by atoms with Crippen molar-refractivity contribution in [2.75, 3.05) is 7.11 Å². The zero-order valence-electron chi connectivity index (χ0n) is 11.3. The van der Waals surface area contributed by atoms with E-state index in [1.165, 1.54) is 12.8 Å². The van der Waals surface area contributed by atoms with Gasteiger partial charge in [-0.3, -0.25) is 4.79 Å². The van der Waals surface area contributed by atoms with E-state index >= 15 is 0 Å². The maximum atomic E-state index is 12.2. The molecule has 0 heterocycles. The Balaban J connectivity index is 2.16. The highest BCUT2D eigenvalue weighted by molar-refractivity contribution is 5.98. The van der Waals surface area contributed by atoms with Crippen LogP contribution in [0, 0.1) is 19.8 Å². The number of aryl methyl sites for hydroxylation is 2. The van der Waals surface area contributed by atoms with Gasteiger partial charge in [0.1, 0.15) is 5.75 Å². The maximum absolute atomic E-state index is 12.2. The van der Waals surface area contributed by atoms with E-state index in [9.17, 15) is 4.79 Å². The molecule has 0 radical (unpaired) electrons. The summed E-state index contributed by atoms with van der Waals surface area (Å²) in [6, 6.07) is 3.86. The summed E-state index contributed by atoms with van der Waals surface area (Å²) in [4.78, 5) is 12.2. The first-order valence-electron chi connectivity index (χ1n) is 6.47. The van der Waals surface area contributed by atoms with Crippen LogP contribution in [0.5, 0.6) is 5.75 Å². The number of carbonyl (C=O) groups is 1. The first-order chi connectivity index (χ1) is 8.52. The predicted molar refractivity (Wildman–Crippen MR) is 72.1 cm³/mol. The smallest absolute Gasteiger partial charge is 0.164 e. The number of methoxy groups -OCH3 is 1. The first kappa shape index (κ1) is 13.1. The van der Waals surface area contributed by atoms with Crippen molar-refractivity contribution in [1.82, 2.24) is 0 Å². The third-order valence-electron chi connectivity index (χ3n) is 3.69. The molecule has 2 rings (SSSR count). The highest BCUT2D eigenvalue weighted by Gasteiger charge is 2.30. The lowest BCUT2D eigenvalue weighted by atomic mass is 9.96. The SMILES string of the molecule is COc1cc(C)c(C(=O)CC(N)C2CC2)cc1C. The molecule has 0 bridgehead atoms. The molecule has 1 aliphatic carbocycles. The van der Waals surface area contributed by atoms with Crippen molar-refractivity contribution < 1.29 is 9.53 Å². The van der Waals surface area contributed by atoms with Crippen LogP contribution in [-0.2, 0) is 0 Å². The van der Waals surface area contributed by atoms with Crippen molar-refractivity contribution in [3.8, 4) is 5.75 Å². The van der Waals surface area contributed by atoms with Crippen LogP contribution >= 0.6 is 0 Å². The summed E-state index contributed by atoms with van der Waals surface area (Å²) < 4.78 is 5.25. The number of Topliss-reactive ketones (excluding diaryl/α,β-unsaturated/α-hetero) is 1. The number of benzene rings is 1. The molecule has 1 atom stereocenters. The number of hydrogen-bond donors (Lipinski definition) is 1. The fourth-order valence-corrected chi connectivity index (χ4v) is 2.33. The summed E-state index contributed by atoms with van der Waals surface area (Å²) in [5.41, 5.74) is 8.75. The first-order valence-corrected chi connectivity index (χ1v) is 6.47. The molecule has 1 aliphatic rings. The van der Waals surface area contributed by atoms with Crippen LogP contribution in [0.25, 0.3) is 0 Å². The highest BCUT2D eigenvalue weighted by Crippen LogP contribution is 2.33. The Morgan fingerprint density at radius 2 is 2.06 bits per heavy atom. The molecule has 1 aromatic carbocycles. The molecule has 1 saturated carbocycles. The van der Waals surface area contributed by atoms with Gasteiger partial charge in [-0.25, -0.2) is 0 Å². The minimum Gasteiger partial charge on any atom is -0.496 e. The van der Waals surface area contributed by atoms with Gasteiger partial charge < -0.3 is 10.5 Å². The maximum Gasteiger partial charge on any atom is 0.164 e. The van der Waals surface area contributed by atoms with Gasteiger partial charge in [0.15, 0.2) is 5.78 Å². The van der Waals surface area contributed by atoms with Gasteiger partial charge in [-0.2, -0.15) is 0 Å². The third-order valence-corrected chi connectivity index (χ3v) is 3.69. The summed E-state index contributed by atoms with van der Waals surface area (Å²) in [6.45, 7) is 3.90. The van der Waals surface area contributed by atoms with Gasteiger partial charge in [-0.05, 0) is 55.9 Å². The fraction of sp³-hybridized carbons (Fsp3) is 0.533. The Morgan fingerprint density at radius 3 is 2.61 bits per heavy atom. The molecule has 3 nitrogen and oxygen atoms in total. The van der Waals surface area contributed by atoms with Crippen molar-refractivity contribution in [1.29, 1.82) is 0 Å². The molecule has 3 heteroatoms. The van der Waals surface area contributed by atoms with Crippen LogP contribution in [0.2, 0.25) is 0 Å². The molecule has 2 N–H and O–H groups in total. The second-order valence-corrected chi connectivity index (χ2v) is 5.27. The average Bonchev–Trinajstić information content (AvgIpc) is 3.15. The topological polar surface area (TPSA) is 52.3 Å². The van der Waals surface area contributed by atoms with E-state index in [0.717, 1.165) is 22.4 Å². The van der Waals surface area contributed by atoms with Crippen LogP contribution in [0.1, 0.15) is 40.7 Å². The van der Waals surface area contributed by atoms with Crippen LogP contribution in [0.15, 0.2) is 12.1 Å². The summed E-state index contributed by atoms with van der Waals surface area (Å²) in [5.74, 6) is 1.54. The van der Waals surface area contributed by atoms with Gasteiger partial charge in [0.25, 0.3) is 0 Å². The second kappa shape index (κ2) is 5.11. The molecule has 1 aromatic rings. The lowest BCUT2D eigenvalue weighted by Gasteiger charge is -2.13. The average molecular weight is 247 g/mol. The summed E-state index contributed by atoms with van der Waals surface area (Å²) in [7, 11) is 1.65. The standard InChI is InChI=1S/C15H21NO2/c1-9-7-15(18-3)10(2)6-12(9)14(17)8-13(16)11-4-5-11/h6-7,11,13H,4-5,8,16H2,1-3H3. The van der Waals surface area contributed by atoms with Gasteiger partial charge in [0.05, 0.1) is 7.11 Å². The van der Waals surface area contributed by atoms with Crippen molar-refractivity contribution in [2.45, 2.75) is 39.2 Å². The molecule has 98 valence electrons. The Bertz CT molecular complexity index is 464. The monoisotopic (exact) mass is 247 g/mol. The van der Waals surface area contributed by atoms with E-state index in [1.54, 1.807) is 7.11 Å². The van der Waals surface area contributed by atoms with Crippen LogP contribution in [0.3, 0.4) is 0 Å². The van der Waals surface area contributed by atoms with Gasteiger partial charge in [-0.1, -0.05) is 0 Å². The van der Waals surface area contributed by atoms with E-state index in [2.05, 4.69) is 0 Å². The molecule has 0 amide bonds. The van der Waals surface area contributed by atoms with Gasteiger partial charge >= 0.3 is 0 Å². The van der Waals surface area contributed by atoms with Crippen molar-refractivity contribution in [2.24, 2.45) is 11.7 Å². The van der Waals surface area contributed by atoms with E-state index < -0.39 is 0 Å². The molecule has 0 aliphatic heterocycles. The largest absolute Gasteiger partial charge is 0.496 e. The number of ketones is 1. The Morgan fingerprint density at radius 1 is 1.39 bits per heavy atom. The van der Waals surface area contributed by atoms with Crippen molar-refractivity contribution in [3.63, 3.8) is 0 Å². The molecule has 0 saturated heterocycles. The normalized spacial score (nSPS) is 16.4. The quantitative estimate of drug-likeness (QED) is 0.814. The summed E-state index contributed by atoms with van der Waals surface area (Å²) in [6.07, 6.45) is 2.81. The number of ether oxygens (including phenoxy) is 1. The van der Waals surface area contributed by atoms with Gasteiger partial charge in [0, 0.05) is 18.0 Å². The van der Waals surface area contributed by atoms with E-state index in [0.29, 0.717) is 12.3 Å². The molecule has 0 aromatic heterocycles. The Labute approximate surface area is 108 Å². The summed E-state index contributed by atoms with van der Waals surface area (Å²) >= 11 is 0. The van der Waals surface area contributed by atoms with Crippen molar-refractivity contribution >= 4 is 5.78 Å². The third kappa shape index (κ3) is 2.72. The minimum atomic E-state index is 0.0271. The number of hydrogen-bond acceptors (Lipinski definition) is 3. The van der Waals surface area contributed by atoms with Crippen molar-refractivity contribution in [3.05, 3.63) is 28.8 Å². The lowest BCUT2D eigenvalue weighted by Crippen LogP contribution is -2.26. The Hall–Kier alpha value is -1.35. The molecular formula is C15H21NO2. The van der Waals surface area contributed by atoms with Crippen LogP contribution < -0.4 is 10.5 Å². The van der Waals surface area contributed by atoms with Crippen LogP contribution in [0.4, 0.5) is 0 Å². The zero-order chi connectivity index (χ0) is 13.3. The van der Waals surface area contributed by atoms with Crippen LogP contribution in [-0.4, -0.2) is 18.9 Å².